The van der Waals surface area contributed by atoms with E-state index < -0.39 is 23.1 Å². The molecule has 7 nitrogen and oxygen atoms in total. The van der Waals surface area contributed by atoms with E-state index in [0.717, 1.165) is 17.7 Å². The molecule has 2 N–H and O–H groups in total. The van der Waals surface area contributed by atoms with E-state index in [1.165, 1.54) is 33.0 Å². The first-order valence-electron chi connectivity index (χ1n) is 9.91. The summed E-state index contributed by atoms with van der Waals surface area (Å²) in [5.74, 6) is -0.576. The Morgan fingerprint density at radius 1 is 1.12 bits per heavy atom. The molecule has 1 aromatic carbocycles. The van der Waals surface area contributed by atoms with Gasteiger partial charge in [-0.3, -0.25) is 18.9 Å². The zero-order chi connectivity index (χ0) is 23.8. The minimum absolute atomic E-state index is 0.110. The van der Waals surface area contributed by atoms with Crippen LogP contribution in [0.3, 0.4) is 0 Å². The summed E-state index contributed by atoms with van der Waals surface area (Å²) >= 11 is 1.18. The normalized spacial score (nSPS) is 16.5. The van der Waals surface area contributed by atoms with Crippen molar-refractivity contribution in [3.05, 3.63) is 99.0 Å². The van der Waals surface area contributed by atoms with Crippen molar-refractivity contribution in [3.63, 3.8) is 0 Å². The van der Waals surface area contributed by atoms with Gasteiger partial charge >= 0.3 is 11.9 Å². The summed E-state index contributed by atoms with van der Waals surface area (Å²) in [5, 5.41) is 0. The molecule has 0 spiro atoms. The third-order valence-corrected chi connectivity index (χ3v) is 6.72. The highest BCUT2D eigenvalue weighted by atomic mass is 32.2. The Morgan fingerprint density at radius 3 is 2.45 bits per heavy atom. The van der Waals surface area contributed by atoms with Crippen molar-refractivity contribution < 1.29 is 18.0 Å². The molecule has 0 bridgehead atoms. The number of allylic oxidation sites excluding steroid dienone is 1. The average molecular weight is 475 g/mol. The van der Waals surface area contributed by atoms with Crippen LogP contribution in [0.2, 0.25) is 0 Å². The number of nitrogens with two attached hydrogens (primary N) is 1. The number of aromatic nitrogens is 3. The van der Waals surface area contributed by atoms with Gasteiger partial charge in [-0.05, 0) is 36.2 Å². The number of benzene rings is 1. The molecule has 3 aromatic rings. The van der Waals surface area contributed by atoms with Gasteiger partial charge in [0.2, 0.25) is 0 Å². The fourth-order valence-corrected chi connectivity index (χ4v) is 4.84. The smallest absolute Gasteiger partial charge is 0.365 e. The number of carbonyl (C=O) groups is 1. The lowest BCUT2D eigenvalue weighted by Crippen LogP contribution is -2.33. The summed E-state index contributed by atoms with van der Waals surface area (Å²) in [6.45, 7) is 2.29. The highest BCUT2D eigenvalue weighted by Crippen LogP contribution is 2.44. The number of carbonyl (C=O) groups excluding carboxylic acids is 1. The third kappa shape index (κ3) is 4.68. The fraction of sp³-hybridized carbons (Fsp3) is 0.227. The number of alkyl halides is 3. The van der Waals surface area contributed by atoms with Crippen molar-refractivity contribution in [3.8, 4) is 0 Å². The third-order valence-electron chi connectivity index (χ3n) is 5.29. The lowest BCUT2D eigenvalue weighted by atomic mass is 10.1. The van der Waals surface area contributed by atoms with E-state index >= 15 is 0 Å². The lowest BCUT2D eigenvalue weighted by molar-refractivity contribution is -0.137. The summed E-state index contributed by atoms with van der Waals surface area (Å²) in [5.41, 5.74) is 6.00. The molecule has 0 saturated carbocycles. The Morgan fingerprint density at radius 2 is 1.85 bits per heavy atom. The van der Waals surface area contributed by atoms with Gasteiger partial charge in [-0.25, -0.2) is 4.79 Å². The maximum Gasteiger partial charge on any atom is 0.416 e. The van der Waals surface area contributed by atoms with Gasteiger partial charge in [-0.1, -0.05) is 30.0 Å². The van der Waals surface area contributed by atoms with Crippen molar-refractivity contribution in [2.24, 2.45) is 5.73 Å². The summed E-state index contributed by atoms with van der Waals surface area (Å²) in [6, 6.07) is 8.38. The molecular weight excluding hydrogens is 455 g/mol. The van der Waals surface area contributed by atoms with Crippen LogP contribution in [-0.2, 0) is 24.1 Å². The van der Waals surface area contributed by atoms with Gasteiger partial charge in [0.05, 0.1) is 17.0 Å². The first kappa shape index (κ1) is 22.7. The number of halogens is 3. The minimum Gasteiger partial charge on any atom is -0.365 e. The molecule has 0 aliphatic carbocycles. The van der Waals surface area contributed by atoms with Crippen molar-refractivity contribution in [1.82, 2.24) is 19.0 Å². The van der Waals surface area contributed by atoms with Crippen molar-refractivity contribution in [2.75, 3.05) is 0 Å². The standard InChI is InChI=1S/C22H20F3N5O2S/c1-14-18(19(26)31)33-21(30(14)13-16-3-2-8-27-11-16)29-10-9-28(20(29)32)12-15-4-6-17(7-5-15)22(23,24)25/h2-11,21H,12-13H2,1H3,(H2,26,31). The van der Waals surface area contributed by atoms with Crippen molar-refractivity contribution in [1.29, 1.82) is 0 Å². The Balaban J connectivity index is 1.60. The van der Waals surface area contributed by atoms with Gasteiger partial charge in [0.1, 0.15) is 0 Å². The van der Waals surface area contributed by atoms with Crippen LogP contribution in [0.25, 0.3) is 0 Å². The molecule has 0 fully saturated rings. The van der Waals surface area contributed by atoms with E-state index in [9.17, 15) is 22.8 Å². The fourth-order valence-electron chi connectivity index (χ4n) is 3.59. The van der Waals surface area contributed by atoms with Gasteiger partial charge in [0, 0.05) is 37.0 Å². The van der Waals surface area contributed by atoms with E-state index in [0.29, 0.717) is 22.7 Å². The second kappa shape index (κ2) is 8.81. The molecule has 172 valence electrons. The van der Waals surface area contributed by atoms with Crippen LogP contribution in [0.1, 0.15) is 29.1 Å². The van der Waals surface area contributed by atoms with Crippen LogP contribution in [0.15, 0.2) is 76.6 Å². The zero-order valence-corrected chi connectivity index (χ0v) is 18.3. The summed E-state index contributed by atoms with van der Waals surface area (Å²) in [6.07, 6.45) is 2.11. The molecule has 0 saturated heterocycles. The SMILES string of the molecule is CC1=C(C(N)=O)SC(n2ccn(Cc3ccc(C(F)(F)F)cc3)c2=O)N1Cc1cccnc1. The largest absolute Gasteiger partial charge is 0.416 e. The molecule has 0 radical (unpaired) electrons. The van der Waals surface area contributed by atoms with E-state index in [-0.39, 0.29) is 12.2 Å². The van der Waals surface area contributed by atoms with Crippen LogP contribution < -0.4 is 11.4 Å². The number of thioether (sulfide) groups is 1. The van der Waals surface area contributed by atoms with Crippen molar-refractivity contribution in [2.45, 2.75) is 31.7 Å². The van der Waals surface area contributed by atoms with Gasteiger partial charge in [0.15, 0.2) is 5.50 Å². The highest BCUT2D eigenvalue weighted by molar-refractivity contribution is 8.04. The number of pyridine rings is 1. The van der Waals surface area contributed by atoms with Crippen LogP contribution >= 0.6 is 11.8 Å². The molecule has 1 unspecified atom stereocenters. The minimum atomic E-state index is -4.42. The molecule has 33 heavy (non-hydrogen) atoms. The van der Waals surface area contributed by atoms with Gasteiger partial charge in [-0.2, -0.15) is 13.2 Å². The maximum atomic E-state index is 13.1. The molecule has 3 heterocycles. The van der Waals surface area contributed by atoms with Crippen LogP contribution in [0.4, 0.5) is 13.2 Å². The number of amides is 1. The van der Waals surface area contributed by atoms with Crippen LogP contribution in [0.5, 0.6) is 0 Å². The molecule has 1 atom stereocenters. The zero-order valence-electron chi connectivity index (χ0n) is 17.5. The number of nitrogens with zero attached hydrogens (tertiary/aromatic N) is 4. The Kier molecular flexibility index (Phi) is 6.07. The summed E-state index contributed by atoms with van der Waals surface area (Å²) in [7, 11) is 0. The molecule has 1 aliphatic rings. The second-order valence-electron chi connectivity index (χ2n) is 7.52. The van der Waals surface area contributed by atoms with E-state index in [1.807, 2.05) is 11.0 Å². The first-order chi connectivity index (χ1) is 15.6. The number of rotatable bonds is 6. The Bertz CT molecular complexity index is 1250. The average Bonchev–Trinajstić information content (AvgIpc) is 3.28. The quantitative estimate of drug-likeness (QED) is 0.590. The predicted octanol–water partition coefficient (Wildman–Crippen LogP) is 3.53. The van der Waals surface area contributed by atoms with Gasteiger partial charge < -0.3 is 10.6 Å². The number of imidazole rings is 1. The van der Waals surface area contributed by atoms with E-state index in [4.69, 9.17) is 5.73 Å². The molecule has 11 heteroatoms. The monoisotopic (exact) mass is 475 g/mol. The first-order valence-corrected chi connectivity index (χ1v) is 10.8. The second-order valence-corrected chi connectivity index (χ2v) is 8.59. The van der Waals surface area contributed by atoms with Crippen LogP contribution in [0, 0.1) is 0 Å². The number of hydrogen-bond donors (Lipinski definition) is 1. The van der Waals surface area contributed by atoms with Gasteiger partial charge in [-0.15, -0.1) is 0 Å². The molecule has 2 aromatic heterocycles. The summed E-state index contributed by atoms with van der Waals surface area (Å²) < 4.78 is 41.3. The highest BCUT2D eigenvalue weighted by Gasteiger charge is 2.35. The maximum absolute atomic E-state index is 13.1. The molecule has 1 amide bonds. The molecular formula is C22H20F3N5O2S. The van der Waals surface area contributed by atoms with Crippen LogP contribution in [-0.4, -0.2) is 24.9 Å². The molecule has 1 aliphatic heterocycles. The Hall–Kier alpha value is -3.47. The van der Waals surface area contributed by atoms with Gasteiger partial charge in [0.25, 0.3) is 5.91 Å². The molecule has 4 rings (SSSR count). The number of primary amides is 1. The topological polar surface area (TPSA) is 86.2 Å². The predicted molar refractivity (Wildman–Crippen MR) is 118 cm³/mol. The lowest BCUT2D eigenvalue weighted by Gasteiger charge is -2.27. The number of hydrogen-bond acceptors (Lipinski definition) is 5. The van der Waals surface area contributed by atoms with E-state index in [1.54, 1.807) is 37.8 Å². The Labute approximate surface area is 191 Å². The summed E-state index contributed by atoms with van der Waals surface area (Å²) in [4.78, 5) is 31.4. The van der Waals surface area contributed by atoms with E-state index in [2.05, 4.69) is 4.98 Å². The van der Waals surface area contributed by atoms with Crippen molar-refractivity contribution >= 4 is 17.7 Å².